The van der Waals surface area contributed by atoms with E-state index < -0.39 is 11.9 Å². The topological polar surface area (TPSA) is 114 Å². The zero-order valence-electron chi connectivity index (χ0n) is 15.1. The molecule has 1 aromatic carbocycles. The minimum absolute atomic E-state index is 0.0947. The number of ether oxygens (including phenoxy) is 2. The van der Waals surface area contributed by atoms with Crippen molar-refractivity contribution in [3.05, 3.63) is 40.6 Å². The third kappa shape index (κ3) is 6.78. The van der Waals surface area contributed by atoms with Crippen molar-refractivity contribution in [2.24, 2.45) is 0 Å². The lowest BCUT2D eigenvalue weighted by Gasteiger charge is -2.06. The molecule has 1 aromatic heterocycles. The van der Waals surface area contributed by atoms with Gasteiger partial charge in [-0.15, -0.1) is 5.10 Å². The maximum absolute atomic E-state index is 11.5. The van der Waals surface area contributed by atoms with Crippen LogP contribution in [0.1, 0.15) is 31.7 Å². The molecule has 2 rings (SSSR count). The Labute approximate surface area is 161 Å². The lowest BCUT2D eigenvalue weighted by Crippen LogP contribution is -2.14. The molecule has 0 aliphatic carbocycles. The highest BCUT2D eigenvalue weighted by Crippen LogP contribution is 2.26. The molecule has 0 amide bonds. The molecule has 0 saturated heterocycles. The van der Waals surface area contributed by atoms with Gasteiger partial charge in [0.25, 0.3) is 0 Å². The predicted octanol–water partition coefficient (Wildman–Crippen LogP) is 2.92. The first-order chi connectivity index (χ1) is 13.0. The van der Waals surface area contributed by atoms with Crippen LogP contribution in [-0.2, 0) is 20.7 Å². The van der Waals surface area contributed by atoms with E-state index in [2.05, 4.69) is 15.2 Å². The second-order valence-electron chi connectivity index (χ2n) is 5.39. The number of carbonyl (C=O) groups is 2. The number of aromatic nitrogens is 3. The van der Waals surface area contributed by atoms with Crippen LogP contribution in [0.2, 0.25) is 0 Å². The number of esters is 1. The molecule has 0 fully saturated rings. The van der Waals surface area contributed by atoms with Crippen molar-refractivity contribution in [2.75, 3.05) is 13.2 Å². The molecule has 144 valence electrons. The van der Waals surface area contributed by atoms with E-state index >= 15 is 0 Å². The monoisotopic (exact) mass is 391 g/mol. The maximum atomic E-state index is 11.5. The number of rotatable bonds is 10. The summed E-state index contributed by atoms with van der Waals surface area (Å²) < 4.78 is 10.1. The number of aliphatic carboxylic acids is 1. The van der Waals surface area contributed by atoms with Crippen LogP contribution in [0.5, 0.6) is 5.75 Å². The fourth-order valence-corrected chi connectivity index (χ4v) is 2.79. The molecule has 0 spiro atoms. The molecule has 0 atom stereocenters. The van der Waals surface area contributed by atoms with Crippen LogP contribution in [0.4, 0.5) is 0 Å². The van der Waals surface area contributed by atoms with Gasteiger partial charge in [-0.1, -0.05) is 19.1 Å². The van der Waals surface area contributed by atoms with Gasteiger partial charge in [0.1, 0.15) is 16.5 Å². The number of H-pyrrole nitrogens is 1. The number of carboxylic acid groups (broad SMARTS) is 1. The molecule has 0 radical (unpaired) electrons. The van der Waals surface area contributed by atoms with E-state index in [1.54, 1.807) is 31.2 Å². The molecule has 9 heteroatoms. The van der Waals surface area contributed by atoms with Gasteiger partial charge in [0.2, 0.25) is 5.16 Å². The Bertz CT molecular complexity index is 802. The number of hydrogen-bond acceptors (Lipinski definition) is 7. The summed E-state index contributed by atoms with van der Waals surface area (Å²) in [6, 6.07) is 6.71. The van der Waals surface area contributed by atoms with Crippen molar-refractivity contribution < 1.29 is 24.2 Å². The van der Waals surface area contributed by atoms with Gasteiger partial charge in [-0.05, 0) is 48.9 Å². The summed E-state index contributed by atoms with van der Waals surface area (Å²) in [4.78, 5) is 27.2. The molecule has 2 aromatic rings. The minimum Gasteiger partial charge on any atom is -0.482 e. The third-order valence-corrected chi connectivity index (χ3v) is 4.13. The van der Waals surface area contributed by atoms with Gasteiger partial charge in [-0.3, -0.25) is 5.10 Å². The molecule has 27 heavy (non-hydrogen) atoms. The normalized spacial score (nSPS) is 11.3. The first-order valence-corrected chi connectivity index (χ1v) is 9.26. The average Bonchev–Trinajstić information content (AvgIpc) is 3.08. The molecule has 2 N–H and O–H groups in total. The lowest BCUT2D eigenvalue weighted by molar-refractivity contribution is -0.145. The number of carbonyl (C=O) groups excluding carboxylic acids is 1. The van der Waals surface area contributed by atoms with Crippen molar-refractivity contribution in [3.63, 3.8) is 0 Å². The van der Waals surface area contributed by atoms with E-state index in [1.807, 2.05) is 6.92 Å². The van der Waals surface area contributed by atoms with Gasteiger partial charge in [0, 0.05) is 6.42 Å². The summed E-state index contributed by atoms with van der Waals surface area (Å²) in [7, 11) is 0. The zero-order chi connectivity index (χ0) is 19.6. The van der Waals surface area contributed by atoms with E-state index in [4.69, 9.17) is 9.47 Å². The van der Waals surface area contributed by atoms with E-state index in [1.165, 1.54) is 6.08 Å². The van der Waals surface area contributed by atoms with E-state index in [9.17, 15) is 14.7 Å². The Balaban J connectivity index is 2.03. The van der Waals surface area contributed by atoms with Crippen molar-refractivity contribution in [3.8, 4) is 5.75 Å². The van der Waals surface area contributed by atoms with Gasteiger partial charge in [0.15, 0.2) is 6.61 Å². The van der Waals surface area contributed by atoms with E-state index in [0.717, 1.165) is 30.4 Å². The Morgan fingerprint density at radius 3 is 2.63 bits per heavy atom. The fraction of sp³-hybridized carbons (Fsp3) is 0.333. The summed E-state index contributed by atoms with van der Waals surface area (Å²) in [6.45, 7) is 3.87. The van der Waals surface area contributed by atoms with Crippen LogP contribution in [-0.4, -0.2) is 45.4 Å². The first-order valence-electron chi connectivity index (χ1n) is 8.44. The molecule has 0 saturated carbocycles. The number of benzene rings is 1. The lowest BCUT2D eigenvalue weighted by atomic mass is 10.2. The highest BCUT2D eigenvalue weighted by atomic mass is 32.2. The minimum atomic E-state index is -1.07. The standard InChI is InChI=1S/C18H21N3O5S/c1-3-5-15-19-18(21-20-15)27-14(17(23)24)10-12-6-8-13(9-7-12)26-11-16(22)25-4-2/h6-10H,3-5,11H2,1-2H3,(H,23,24)(H,19,20,21)/b14-10-. The van der Waals surface area contributed by atoms with Crippen LogP contribution >= 0.6 is 11.8 Å². The van der Waals surface area contributed by atoms with Crippen molar-refractivity contribution in [2.45, 2.75) is 31.8 Å². The van der Waals surface area contributed by atoms with Crippen LogP contribution in [0, 0.1) is 0 Å². The van der Waals surface area contributed by atoms with Crippen LogP contribution in [0.15, 0.2) is 34.3 Å². The number of aromatic amines is 1. The second kappa shape index (κ2) is 10.4. The Morgan fingerprint density at radius 1 is 1.26 bits per heavy atom. The molecule has 8 nitrogen and oxygen atoms in total. The number of nitrogens with zero attached hydrogens (tertiary/aromatic N) is 2. The van der Waals surface area contributed by atoms with Gasteiger partial charge in [0.05, 0.1) is 6.61 Å². The van der Waals surface area contributed by atoms with Crippen molar-refractivity contribution >= 4 is 29.8 Å². The summed E-state index contributed by atoms with van der Waals surface area (Å²) >= 11 is 0.978. The highest BCUT2D eigenvalue weighted by molar-refractivity contribution is 8.04. The molecule has 0 aliphatic heterocycles. The average molecular weight is 391 g/mol. The summed E-state index contributed by atoms with van der Waals surface area (Å²) in [5.74, 6) is -0.291. The number of aryl methyl sites for hydroxylation is 1. The zero-order valence-corrected chi connectivity index (χ0v) is 15.9. The summed E-state index contributed by atoms with van der Waals surface area (Å²) in [5.41, 5.74) is 0.674. The number of thioether (sulfide) groups is 1. The second-order valence-corrected chi connectivity index (χ2v) is 6.40. The fourth-order valence-electron chi connectivity index (χ4n) is 2.06. The molecule has 1 heterocycles. The molecule has 0 bridgehead atoms. The number of hydrogen-bond donors (Lipinski definition) is 2. The van der Waals surface area contributed by atoms with Gasteiger partial charge in [-0.25, -0.2) is 14.6 Å². The SMILES string of the molecule is CCCc1nc(S/C(=C\c2ccc(OCC(=O)OCC)cc2)C(=O)O)n[nH]1. The van der Waals surface area contributed by atoms with E-state index in [0.29, 0.717) is 23.1 Å². The van der Waals surface area contributed by atoms with E-state index in [-0.39, 0.29) is 11.5 Å². The summed E-state index contributed by atoms with van der Waals surface area (Å²) in [6.07, 6.45) is 3.20. The quantitative estimate of drug-likeness (QED) is 0.361. The molecule has 0 unspecified atom stereocenters. The smallest absolute Gasteiger partial charge is 0.344 e. The van der Waals surface area contributed by atoms with Gasteiger partial charge >= 0.3 is 11.9 Å². The Morgan fingerprint density at radius 2 is 2.00 bits per heavy atom. The van der Waals surface area contributed by atoms with Crippen molar-refractivity contribution in [1.29, 1.82) is 0 Å². The largest absolute Gasteiger partial charge is 0.482 e. The number of carboxylic acids is 1. The molecular weight excluding hydrogens is 370 g/mol. The van der Waals surface area contributed by atoms with Gasteiger partial charge < -0.3 is 14.6 Å². The predicted molar refractivity (Wildman–Crippen MR) is 100 cm³/mol. The molecule has 0 aliphatic rings. The van der Waals surface area contributed by atoms with Crippen LogP contribution < -0.4 is 4.74 Å². The third-order valence-electron chi connectivity index (χ3n) is 3.25. The van der Waals surface area contributed by atoms with Gasteiger partial charge in [-0.2, -0.15) is 0 Å². The van der Waals surface area contributed by atoms with Crippen LogP contribution in [0.3, 0.4) is 0 Å². The maximum Gasteiger partial charge on any atom is 0.344 e. The summed E-state index contributed by atoms with van der Waals surface area (Å²) in [5, 5.41) is 16.6. The Hall–Kier alpha value is -2.81. The van der Waals surface area contributed by atoms with Crippen LogP contribution in [0.25, 0.3) is 6.08 Å². The Kier molecular flexibility index (Phi) is 7.87. The van der Waals surface area contributed by atoms with Crippen molar-refractivity contribution in [1.82, 2.24) is 15.2 Å². The molecular formula is C18H21N3O5S. The first kappa shape index (κ1) is 20.5. The number of nitrogens with one attached hydrogen (secondary N) is 1. The highest BCUT2D eigenvalue weighted by Gasteiger charge is 2.13.